The maximum absolute atomic E-state index is 12.8. The van der Waals surface area contributed by atoms with E-state index in [1.165, 1.54) is 135 Å². The van der Waals surface area contributed by atoms with Gasteiger partial charge in [-0.2, -0.15) is 0 Å². The Morgan fingerprint density at radius 1 is 0.282 bits per heavy atom. The highest BCUT2D eigenvalue weighted by atomic mass is 16.6. The fourth-order valence-electron chi connectivity index (χ4n) is 8.70. The van der Waals surface area contributed by atoms with Crippen LogP contribution in [0.25, 0.3) is 0 Å². The van der Waals surface area contributed by atoms with E-state index in [2.05, 4.69) is 142 Å². The van der Waals surface area contributed by atoms with Crippen LogP contribution in [0.5, 0.6) is 0 Å². The van der Waals surface area contributed by atoms with Crippen LogP contribution in [0.3, 0.4) is 0 Å². The Bertz CT molecular complexity index is 1670. The molecular weight excluding hydrogens is 961 g/mol. The molecule has 0 amide bonds. The molecule has 6 heteroatoms. The van der Waals surface area contributed by atoms with Crippen molar-refractivity contribution in [3.63, 3.8) is 0 Å². The highest BCUT2D eigenvalue weighted by Gasteiger charge is 2.19. The second-order valence-electron chi connectivity index (χ2n) is 20.9. The number of allylic oxidation sites excluding steroid dienone is 21. The summed E-state index contributed by atoms with van der Waals surface area (Å²) in [5, 5.41) is 0. The Hall–Kier alpha value is -4.45. The Morgan fingerprint density at radius 3 is 0.846 bits per heavy atom. The third kappa shape index (κ3) is 62.4. The Kier molecular flexibility index (Phi) is 61.4. The minimum Gasteiger partial charge on any atom is -0.462 e. The van der Waals surface area contributed by atoms with Gasteiger partial charge in [0, 0.05) is 12.8 Å². The van der Waals surface area contributed by atoms with Crippen LogP contribution in [0.4, 0.5) is 0 Å². The van der Waals surface area contributed by atoms with Crippen LogP contribution in [0, 0.1) is 0 Å². The van der Waals surface area contributed by atoms with Gasteiger partial charge in [0.05, 0.1) is 6.42 Å². The van der Waals surface area contributed by atoms with Gasteiger partial charge in [-0.3, -0.25) is 14.4 Å². The number of ether oxygens (including phenoxy) is 3. The minimum atomic E-state index is -0.834. The lowest BCUT2D eigenvalue weighted by atomic mass is 10.0. The fraction of sp³-hybridized carbons (Fsp3) is 0.653. The highest BCUT2D eigenvalue weighted by Crippen LogP contribution is 2.16. The second-order valence-corrected chi connectivity index (χ2v) is 20.9. The summed E-state index contributed by atoms with van der Waals surface area (Å²) in [6.45, 7) is 6.33. The zero-order chi connectivity index (χ0) is 56.4. The summed E-state index contributed by atoms with van der Waals surface area (Å²) in [6, 6.07) is 0. The van der Waals surface area contributed by atoms with Gasteiger partial charge in [0.25, 0.3) is 0 Å². The highest BCUT2D eigenvalue weighted by molar-refractivity contribution is 5.72. The third-order valence-corrected chi connectivity index (χ3v) is 13.4. The predicted octanol–water partition coefficient (Wildman–Crippen LogP) is 22.2. The first kappa shape index (κ1) is 73.5. The molecule has 0 saturated heterocycles. The van der Waals surface area contributed by atoms with Crippen molar-refractivity contribution in [1.29, 1.82) is 0 Å². The first-order valence-electron chi connectivity index (χ1n) is 32.2. The summed E-state index contributed by atoms with van der Waals surface area (Å²) in [5.74, 6) is -1.04. The predicted molar refractivity (Wildman–Crippen MR) is 339 cm³/mol. The van der Waals surface area contributed by atoms with Crippen LogP contribution in [0.1, 0.15) is 284 Å². The maximum Gasteiger partial charge on any atom is 0.310 e. The molecule has 6 nitrogen and oxygen atoms in total. The number of hydrogen-bond acceptors (Lipinski definition) is 6. The van der Waals surface area contributed by atoms with Crippen LogP contribution in [-0.4, -0.2) is 37.2 Å². The van der Waals surface area contributed by atoms with Crippen LogP contribution >= 0.6 is 0 Å². The molecule has 0 aliphatic carbocycles. The van der Waals surface area contributed by atoms with E-state index in [1.807, 2.05) is 6.08 Å². The lowest BCUT2D eigenvalue weighted by Gasteiger charge is -2.18. The standard InChI is InChI=1S/C72H118O6/c1-4-7-10-13-16-19-22-25-27-28-29-30-31-32-33-34-35-36-37-38-39-40-41-42-43-44-46-47-50-53-56-59-62-65-71(74)77-68-69(67-76-70(73)64-61-58-55-52-49-24-21-18-15-12-9-6-3)78-72(75)66-63-60-57-54-51-48-45-26-23-20-17-14-11-8-5-2/h7-8,10-11,16-17,19-20,25-27,29-30,32-33,35-36,45,51,54,60,63,69H,4-6,9,12-15,18,21-24,28,31,34,37-44,46-50,52-53,55-59,61-62,64-68H2,1-3H3/b10-7-,11-8-,19-16-,20-17-,27-25-,30-29-,33-32-,36-35-,45-26-,54-51-,63-60-. The molecule has 1 atom stereocenters. The summed E-state index contributed by atoms with van der Waals surface area (Å²) in [6.07, 6.45) is 92.1. The molecule has 0 rings (SSSR count). The second kappa shape index (κ2) is 65.1. The molecule has 0 N–H and O–H groups in total. The maximum atomic E-state index is 12.8. The SMILES string of the molecule is CC/C=C\C/C=C\C/C=C\C/C=C\C/C=C\C/C=C\CCCCCCCCCCCCCCCCC(=O)OCC(COC(=O)CCCCCCCCCCCCCC)OC(=O)C/C=C\C/C=C\C/C=C\C/C=C\C/C=C\CC. The summed E-state index contributed by atoms with van der Waals surface area (Å²) >= 11 is 0. The molecule has 78 heavy (non-hydrogen) atoms. The van der Waals surface area contributed by atoms with Crippen molar-refractivity contribution in [2.75, 3.05) is 13.2 Å². The van der Waals surface area contributed by atoms with Gasteiger partial charge in [-0.1, -0.05) is 302 Å². The minimum absolute atomic E-state index is 0.0953. The van der Waals surface area contributed by atoms with Crippen molar-refractivity contribution in [3.8, 4) is 0 Å². The van der Waals surface area contributed by atoms with Gasteiger partial charge in [0.15, 0.2) is 6.10 Å². The number of esters is 3. The lowest BCUT2D eigenvalue weighted by molar-refractivity contribution is -0.166. The first-order valence-corrected chi connectivity index (χ1v) is 32.2. The van der Waals surface area contributed by atoms with Crippen molar-refractivity contribution in [2.45, 2.75) is 290 Å². The molecule has 0 aromatic rings. The number of hydrogen-bond donors (Lipinski definition) is 0. The average Bonchev–Trinajstić information content (AvgIpc) is 3.44. The van der Waals surface area contributed by atoms with Crippen molar-refractivity contribution < 1.29 is 28.6 Å². The van der Waals surface area contributed by atoms with Crippen molar-refractivity contribution >= 4 is 17.9 Å². The molecule has 0 saturated carbocycles. The van der Waals surface area contributed by atoms with Crippen LogP contribution in [-0.2, 0) is 28.6 Å². The quantitative estimate of drug-likeness (QED) is 0.0261. The van der Waals surface area contributed by atoms with Gasteiger partial charge in [0.1, 0.15) is 13.2 Å². The average molecular weight is 1080 g/mol. The number of carbonyl (C=O) groups excluding carboxylic acids is 3. The molecule has 0 fully saturated rings. The van der Waals surface area contributed by atoms with E-state index in [0.29, 0.717) is 12.8 Å². The Labute approximate surface area is 481 Å². The molecular formula is C72H118O6. The monoisotopic (exact) mass is 1080 g/mol. The van der Waals surface area contributed by atoms with E-state index in [9.17, 15) is 14.4 Å². The summed E-state index contributed by atoms with van der Waals surface area (Å²) in [7, 11) is 0. The molecule has 0 aliphatic rings. The van der Waals surface area contributed by atoms with Gasteiger partial charge in [0.2, 0.25) is 0 Å². The smallest absolute Gasteiger partial charge is 0.310 e. The van der Waals surface area contributed by atoms with E-state index in [4.69, 9.17) is 14.2 Å². The first-order chi connectivity index (χ1) is 38.5. The summed E-state index contributed by atoms with van der Waals surface area (Å²) < 4.78 is 16.8. The van der Waals surface area contributed by atoms with E-state index >= 15 is 0 Å². The van der Waals surface area contributed by atoms with Gasteiger partial charge >= 0.3 is 17.9 Å². The van der Waals surface area contributed by atoms with Gasteiger partial charge in [-0.05, 0) is 96.3 Å². The van der Waals surface area contributed by atoms with E-state index in [1.54, 1.807) is 6.08 Å². The molecule has 0 aromatic heterocycles. The molecule has 0 radical (unpaired) electrons. The van der Waals surface area contributed by atoms with Gasteiger partial charge in [-0.15, -0.1) is 0 Å². The zero-order valence-corrected chi connectivity index (χ0v) is 50.6. The molecule has 1 unspecified atom stereocenters. The number of carbonyl (C=O) groups is 3. The van der Waals surface area contributed by atoms with Crippen molar-refractivity contribution in [2.24, 2.45) is 0 Å². The van der Waals surface area contributed by atoms with Gasteiger partial charge < -0.3 is 14.2 Å². The zero-order valence-electron chi connectivity index (χ0n) is 50.6. The Morgan fingerprint density at radius 2 is 0.538 bits per heavy atom. The summed E-state index contributed by atoms with van der Waals surface area (Å²) in [5.41, 5.74) is 0. The van der Waals surface area contributed by atoms with E-state index in [0.717, 1.165) is 109 Å². The number of unbranched alkanes of at least 4 members (excludes halogenated alkanes) is 25. The van der Waals surface area contributed by atoms with Crippen molar-refractivity contribution in [3.05, 3.63) is 134 Å². The fourth-order valence-corrected chi connectivity index (χ4v) is 8.70. The van der Waals surface area contributed by atoms with E-state index < -0.39 is 12.1 Å². The summed E-state index contributed by atoms with van der Waals surface area (Å²) in [4.78, 5) is 38.1. The molecule has 0 aliphatic heterocycles. The molecule has 0 heterocycles. The topological polar surface area (TPSA) is 78.9 Å². The van der Waals surface area contributed by atoms with Crippen LogP contribution in [0.2, 0.25) is 0 Å². The lowest BCUT2D eigenvalue weighted by Crippen LogP contribution is -2.30. The molecule has 0 bridgehead atoms. The molecule has 0 aromatic carbocycles. The largest absolute Gasteiger partial charge is 0.462 e. The molecule has 442 valence electrons. The molecule has 0 spiro atoms. The van der Waals surface area contributed by atoms with Crippen LogP contribution in [0.15, 0.2) is 134 Å². The number of rotatable bonds is 57. The normalized spacial score (nSPS) is 13.0. The van der Waals surface area contributed by atoms with Gasteiger partial charge in [-0.25, -0.2) is 0 Å². The van der Waals surface area contributed by atoms with E-state index in [-0.39, 0.29) is 31.6 Å². The third-order valence-electron chi connectivity index (χ3n) is 13.4. The van der Waals surface area contributed by atoms with Crippen molar-refractivity contribution in [1.82, 2.24) is 0 Å². The Balaban J connectivity index is 4.24. The van der Waals surface area contributed by atoms with Crippen LogP contribution < -0.4 is 0 Å².